The van der Waals surface area contributed by atoms with Crippen LogP contribution in [0.1, 0.15) is 64.4 Å². The first-order valence-corrected chi connectivity index (χ1v) is 8.14. The Labute approximate surface area is 119 Å². The van der Waals surface area contributed by atoms with Gasteiger partial charge in [0.05, 0.1) is 0 Å². The first-order chi connectivity index (χ1) is 9.36. The van der Waals surface area contributed by atoms with Crippen LogP contribution in [0.3, 0.4) is 0 Å². The normalized spacial score (nSPS) is 12.5. The van der Waals surface area contributed by atoms with E-state index in [-0.39, 0.29) is 0 Å². The van der Waals surface area contributed by atoms with E-state index in [2.05, 4.69) is 49.5 Å². The molecule has 0 aliphatic heterocycles. The van der Waals surface area contributed by atoms with Gasteiger partial charge in [0.2, 0.25) is 0 Å². The lowest BCUT2D eigenvalue weighted by atomic mass is 10.00. The molecule has 0 bridgehead atoms. The number of rotatable bonds is 11. The predicted octanol–water partition coefficient (Wildman–Crippen LogP) is 4.96. The second kappa shape index (κ2) is 11.0. The maximum Gasteiger partial charge on any atom is 0.00701 e. The highest BCUT2D eigenvalue weighted by atomic mass is 14.9. The van der Waals surface area contributed by atoms with Crippen molar-refractivity contribution in [3.8, 4) is 0 Å². The van der Waals surface area contributed by atoms with Gasteiger partial charge in [-0.2, -0.15) is 0 Å². The van der Waals surface area contributed by atoms with E-state index in [1.165, 1.54) is 56.9 Å². The molecule has 1 nitrogen and oxygen atoms in total. The Morgan fingerprint density at radius 2 is 1.63 bits per heavy atom. The van der Waals surface area contributed by atoms with Crippen LogP contribution >= 0.6 is 0 Å². The fraction of sp³-hybridized carbons (Fsp3) is 0.667. The molecule has 1 aromatic carbocycles. The van der Waals surface area contributed by atoms with Gasteiger partial charge in [0.25, 0.3) is 0 Å². The molecule has 0 saturated heterocycles. The van der Waals surface area contributed by atoms with Gasteiger partial charge in [0.1, 0.15) is 0 Å². The van der Waals surface area contributed by atoms with Crippen LogP contribution in [0, 0.1) is 0 Å². The second-order valence-corrected chi connectivity index (χ2v) is 5.48. The summed E-state index contributed by atoms with van der Waals surface area (Å²) in [6, 6.07) is 11.6. The number of nitrogens with one attached hydrogen (secondary N) is 1. The number of aryl methyl sites for hydroxylation is 1. The lowest BCUT2D eigenvalue weighted by Gasteiger charge is -2.17. The van der Waals surface area contributed by atoms with Crippen LogP contribution in [0.25, 0.3) is 0 Å². The van der Waals surface area contributed by atoms with Crippen LogP contribution in [-0.2, 0) is 6.42 Å². The average Bonchev–Trinajstić information content (AvgIpc) is 2.45. The quantitative estimate of drug-likeness (QED) is 0.555. The Hall–Kier alpha value is -0.820. The molecule has 1 rings (SSSR count). The minimum Gasteiger partial charge on any atom is -0.314 e. The van der Waals surface area contributed by atoms with Crippen LogP contribution in [0.15, 0.2) is 30.3 Å². The van der Waals surface area contributed by atoms with Crippen LogP contribution in [0.4, 0.5) is 0 Å². The summed E-state index contributed by atoms with van der Waals surface area (Å²) in [6.45, 7) is 5.59. The molecule has 0 saturated carbocycles. The molecule has 1 heteroatoms. The first-order valence-electron chi connectivity index (χ1n) is 8.14. The van der Waals surface area contributed by atoms with E-state index in [0.29, 0.717) is 6.04 Å². The molecule has 0 amide bonds. The largest absolute Gasteiger partial charge is 0.314 e. The van der Waals surface area contributed by atoms with Gasteiger partial charge in [-0.15, -0.1) is 0 Å². The van der Waals surface area contributed by atoms with Crippen molar-refractivity contribution in [2.75, 3.05) is 6.54 Å². The van der Waals surface area contributed by atoms with E-state index >= 15 is 0 Å². The maximum atomic E-state index is 3.64. The highest BCUT2D eigenvalue weighted by molar-refractivity contribution is 5.14. The van der Waals surface area contributed by atoms with Gasteiger partial charge < -0.3 is 5.32 Å². The van der Waals surface area contributed by atoms with Crippen molar-refractivity contribution >= 4 is 0 Å². The van der Waals surface area contributed by atoms with E-state index < -0.39 is 0 Å². The van der Waals surface area contributed by atoms with Crippen molar-refractivity contribution in [1.82, 2.24) is 5.32 Å². The number of benzene rings is 1. The van der Waals surface area contributed by atoms with Crippen LogP contribution in [0.5, 0.6) is 0 Å². The summed E-state index contributed by atoms with van der Waals surface area (Å²) in [6.07, 6.45) is 10.7. The van der Waals surface area contributed by atoms with Gasteiger partial charge >= 0.3 is 0 Å². The minimum absolute atomic E-state index is 0.701. The molecule has 1 aromatic rings. The van der Waals surface area contributed by atoms with Gasteiger partial charge in [0.15, 0.2) is 0 Å². The minimum atomic E-state index is 0.701. The number of hydrogen-bond acceptors (Lipinski definition) is 1. The summed E-state index contributed by atoms with van der Waals surface area (Å²) >= 11 is 0. The smallest absolute Gasteiger partial charge is 0.00701 e. The first kappa shape index (κ1) is 16.2. The summed E-state index contributed by atoms with van der Waals surface area (Å²) in [4.78, 5) is 0. The zero-order chi connectivity index (χ0) is 13.8. The van der Waals surface area contributed by atoms with E-state index in [1.54, 1.807) is 0 Å². The van der Waals surface area contributed by atoms with Crippen molar-refractivity contribution in [1.29, 1.82) is 0 Å². The summed E-state index contributed by atoms with van der Waals surface area (Å²) in [5, 5.41) is 3.64. The average molecular weight is 261 g/mol. The summed E-state index contributed by atoms with van der Waals surface area (Å²) < 4.78 is 0. The molecule has 0 aliphatic rings. The summed E-state index contributed by atoms with van der Waals surface area (Å²) in [5.41, 5.74) is 1.47. The van der Waals surface area contributed by atoms with Crippen molar-refractivity contribution < 1.29 is 0 Å². The Balaban J connectivity index is 2.20. The molecular weight excluding hydrogens is 230 g/mol. The Bertz CT molecular complexity index is 294. The van der Waals surface area contributed by atoms with Crippen LogP contribution < -0.4 is 5.32 Å². The van der Waals surface area contributed by atoms with E-state index in [1.807, 2.05) is 0 Å². The molecule has 108 valence electrons. The predicted molar refractivity (Wildman–Crippen MR) is 85.6 cm³/mol. The second-order valence-electron chi connectivity index (χ2n) is 5.48. The third-order valence-electron chi connectivity index (χ3n) is 3.77. The molecule has 0 fully saturated rings. The monoisotopic (exact) mass is 261 g/mol. The van der Waals surface area contributed by atoms with E-state index in [9.17, 15) is 0 Å². The molecule has 19 heavy (non-hydrogen) atoms. The SMILES string of the molecule is CCCCCCCC(CCc1ccccc1)NCC. The van der Waals surface area contributed by atoms with Crippen molar-refractivity contribution in [2.45, 2.75) is 71.3 Å². The molecule has 0 heterocycles. The topological polar surface area (TPSA) is 12.0 Å². The number of unbranched alkanes of at least 4 members (excludes halogenated alkanes) is 4. The van der Waals surface area contributed by atoms with Gasteiger partial charge in [0, 0.05) is 6.04 Å². The fourth-order valence-electron chi connectivity index (χ4n) is 2.62. The third kappa shape index (κ3) is 8.05. The van der Waals surface area contributed by atoms with Crippen LogP contribution in [0.2, 0.25) is 0 Å². The van der Waals surface area contributed by atoms with E-state index in [0.717, 1.165) is 6.54 Å². The van der Waals surface area contributed by atoms with Gasteiger partial charge in [-0.25, -0.2) is 0 Å². The molecule has 1 atom stereocenters. The summed E-state index contributed by atoms with van der Waals surface area (Å²) in [5.74, 6) is 0. The maximum absolute atomic E-state index is 3.64. The van der Waals surface area contributed by atoms with Crippen molar-refractivity contribution in [3.05, 3.63) is 35.9 Å². The Morgan fingerprint density at radius 3 is 2.32 bits per heavy atom. The molecule has 0 spiro atoms. The Kier molecular flexibility index (Phi) is 9.44. The zero-order valence-electron chi connectivity index (χ0n) is 12.8. The Morgan fingerprint density at radius 1 is 0.895 bits per heavy atom. The lowest BCUT2D eigenvalue weighted by Crippen LogP contribution is -2.29. The summed E-state index contributed by atoms with van der Waals surface area (Å²) in [7, 11) is 0. The van der Waals surface area contributed by atoms with Crippen LogP contribution in [-0.4, -0.2) is 12.6 Å². The van der Waals surface area contributed by atoms with Crippen molar-refractivity contribution in [2.24, 2.45) is 0 Å². The third-order valence-corrected chi connectivity index (χ3v) is 3.77. The molecule has 0 radical (unpaired) electrons. The van der Waals surface area contributed by atoms with Crippen molar-refractivity contribution in [3.63, 3.8) is 0 Å². The molecular formula is C18H31N. The number of hydrogen-bond donors (Lipinski definition) is 1. The molecule has 0 aromatic heterocycles. The van der Waals surface area contributed by atoms with Gasteiger partial charge in [-0.3, -0.25) is 0 Å². The van der Waals surface area contributed by atoms with E-state index in [4.69, 9.17) is 0 Å². The highest BCUT2D eigenvalue weighted by Gasteiger charge is 2.07. The standard InChI is InChI=1S/C18H31N/c1-3-5-6-7-11-14-18(19-4-2)16-15-17-12-9-8-10-13-17/h8-10,12-13,18-19H,3-7,11,14-16H2,1-2H3. The fourth-order valence-corrected chi connectivity index (χ4v) is 2.62. The highest BCUT2D eigenvalue weighted by Crippen LogP contribution is 2.12. The van der Waals surface area contributed by atoms with Gasteiger partial charge in [-0.1, -0.05) is 76.3 Å². The lowest BCUT2D eigenvalue weighted by molar-refractivity contribution is 0.440. The molecule has 1 unspecified atom stereocenters. The zero-order valence-corrected chi connectivity index (χ0v) is 12.8. The molecule has 1 N–H and O–H groups in total. The molecule has 0 aliphatic carbocycles. The van der Waals surface area contributed by atoms with Gasteiger partial charge in [-0.05, 0) is 31.4 Å².